The van der Waals surface area contributed by atoms with E-state index in [0.717, 1.165) is 31.2 Å². The van der Waals surface area contributed by atoms with Gasteiger partial charge < -0.3 is 0 Å². The topological polar surface area (TPSA) is 30.0 Å². The molecule has 0 aromatic carbocycles. The summed E-state index contributed by atoms with van der Waals surface area (Å²) in [4.78, 5) is 16.2. The van der Waals surface area contributed by atoms with Gasteiger partial charge in [-0.15, -0.1) is 0 Å². The van der Waals surface area contributed by atoms with Crippen LogP contribution in [0.15, 0.2) is 48.3 Å². The molecule has 0 spiro atoms. The zero-order chi connectivity index (χ0) is 21.3. The molecule has 0 aliphatic heterocycles. The number of rotatable bonds is 2. The summed E-state index contributed by atoms with van der Waals surface area (Å²) in [5.74, 6) is 2.11. The number of allylic oxidation sites excluding steroid dienone is 6. The van der Waals surface area contributed by atoms with Crippen LogP contribution in [0.1, 0.15) is 64.0 Å². The minimum atomic E-state index is -2.50. The molecule has 0 radical (unpaired) electrons. The SMILES string of the molecule is CC1CC2C(CCC3(C)C(c4cncc(C(F)F)c4)=CCC23)C2(C)C=CC(=O)C=C12. The molecule has 2 nitrogen and oxygen atoms in total. The Morgan fingerprint density at radius 3 is 2.77 bits per heavy atom. The van der Waals surface area contributed by atoms with Crippen molar-refractivity contribution in [2.24, 2.45) is 34.5 Å². The van der Waals surface area contributed by atoms with Gasteiger partial charge in [-0.25, -0.2) is 8.78 Å². The van der Waals surface area contributed by atoms with E-state index in [1.807, 2.05) is 6.08 Å². The molecule has 6 unspecified atom stereocenters. The first-order chi connectivity index (χ1) is 14.2. The Morgan fingerprint density at radius 2 is 2.00 bits per heavy atom. The molecule has 1 aromatic rings. The molecule has 4 heteroatoms. The number of halogens is 2. The molecule has 0 amide bonds. The second kappa shape index (κ2) is 6.70. The fraction of sp³-hybridized carbons (Fsp3) is 0.538. The molecule has 5 rings (SSSR count). The highest BCUT2D eigenvalue weighted by Crippen LogP contribution is 2.66. The number of alkyl halides is 2. The van der Waals surface area contributed by atoms with E-state index in [1.165, 1.54) is 17.3 Å². The van der Waals surface area contributed by atoms with Gasteiger partial charge in [0.2, 0.25) is 0 Å². The van der Waals surface area contributed by atoms with E-state index in [1.54, 1.807) is 18.3 Å². The third kappa shape index (κ3) is 2.72. The monoisotopic (exact) mass is 409 g/mol. The third-order valence-corrected chi connectivity index (χ3v) is 8.78. The van der Waals surface area contributed by atoms with Gasteiger partial charge in [-0.1, -0.05) is 38.5 Å². The van der Waals surface area contributed by atoms with Gasteiger partial charge in [0.05, 0.1) is 0 Å². The van der Waals surface area contributed by atoms with Gasteiger partial charge in [0, 0.05) is 23.4 Å². The summed E-state index contributed by atoms with van der Waals surface area (Å²) in [5, 5.41) is 0. The van der Waals surface area contributed by atoms with E-state index in [-0.39, 0.29) is 22.2 Å². The number of carbonyl (C=O) groups excluding carboxylic acids is 1. The number of aromatic nitrogens is 1. The predicted octanol–water partition coefficient (Wildman–Crippen LogP) is 6.57. The van der Waals surface area contributed by atoms with E-state index < -0.39 is 6.43 Å². The van der Waals surface area contributed by atoms with Crippen molar-refractivity contribution in [3.05, 3.63) is 59.5 Å². The molecule has 158 valence electrons. The molecule has 2 fully saturated rings. The fourth-order valence-corrected chi connectivity index (χ4v) is 7.35. The maximum Gasteiger partial charge on any atom is 0.265 e. The number of fused-ring (bicyclic) bond motifs is 5. The minimum Gasteiger partial charge on any atom is -0.290 e. The third-order valence-electron chi connectivity index (χ3n) is 8.78. The van der Waals surface area contributed by atoms with Crippen molar-refractivity contribution in [1.29, 1.82) is 0 Å². The van der Waals surface area contributed by atoms with Crippen LogP contribution >= 0.6 is 0 Å². The Labute approximate surface area is 177 Å². The van der Waals surface area contributed by atoms with Gasteiger partial charge in [-0.3, -0.25) is 9.78 Å². The maximum atomic E-state index is 13.3. The molecule has 2 saturated carbocycles. The van der Waals surface area contributed by atoms with Crippen LogP contribution in [0.3, 0.4) is 0 Å². The van der Waals surface area contributed by atoms with Gasteiger partial charge in [0.15, 0.2) is 5.78 Å². The molecular formula is C26H29F2NO. The zero-order valence-electron chi connectivity index (χ0n) is 17.9. The second-order valence-corrected chi connectivity index (χ2v) is 10.2. The van der Waals surface area contributed by atoms with Crippen LogP contribution in [0.4, 0.5) is 8.78 Å². The average Bonchev–Trinajstić information content (AvgIpc) is 3.07. The highest BCUT2D eigenvalue weighted by Gasteiger charge is 2.57. The summed E-state index contributed by atoms with van der Waals surface area (Å²) in [6, 6.07) is 1.63. The Balaban J connectivity index is 1.49. The van der Waals surface area contributed by atoms with Crippen molar-refractivity contribution in [3.8, 4) is 0 Å². The van der Waals surface area contributed by atoms with Crippen LogP contribution in [0.2, 0.25) is 0 Å². The lowest BCUT2D eigenvalue weighted by Gasteiger charge is -2.58. The largest absolute Gasteiger partial charge is 0.290 e. The Hall–Kier alpha value is -2.10. The van der Waals surface area contributed by atoms with E-state index in [4.69, 9.17) is 0 Å². The number of hydrogen-bond acceptors (Lipinski definition) is 2. The summed E-state index contributed by atoms with van der Waals surface area (Å²) >= 11 is 0. The highest BCUT2D eigenvalue weighted by atomic mass is 19.3. The standard InChI is InChI=1S/C26H29F2NO/c1-15-10-19-21-5-4-20(16-11-17(24(27)28)14-29-13-16)25(21,2)9-7-22(19)26(3)8-6-18(30)12-23(15)26/h4,6,8,11-15,19,21-22,24H,5,7,9-10H2,1-3H3. The molecule has 1 aromatic heterocycles. The van der Waals surface area contributed by atoms with Crippen LogP contribution in [0, 0.1) is 34.5 Å². The molecule has 0 bridgehead atoms. The Kier molecular flexibility index (Phi) is 4.43. The van der Waals surface area contributed by atoms with Gasteiger partial charge in [-0.05, 0) is 84.1 Å². The van der Waals surface area contributed by atoms with Gasteiger partial charge in [0.1, 0.15) is 0 Å². The first-order valence-corrected chi connectivity index (χ1v) is 11.1. The lowest BCUT2D eigenvalue weighted by atomic mass is 9.46. The smallest absolute Gasteiger partial charge is 0.265 e. The predicted molar refractivity (Wildman–Crippen MR) is 114 cm³/mol. The molecule has 6 atom stereocenters. The molecule has 0 N–H and O–H groups in total. The summed E-state index contributed by atoms with van der Waals surface area (Å²) in [5.41, 5.74) is 3.32. The molecule has 30 heavy (non-hydrogen) atoms. The van der Waals surface area contributed by atoms with Crippen molar-refractivity contribution >= 4 is 11.4 Å². The summed E-state index contributed by atoms with van der Waals surface area (Å²) in [7, 11) is 0. The van der Waals surface area contributed by atoms with Gasteiger partial charge in [-0.2, -0.15) is 0 Å². The van der Waals surface area contributed by atoms with Crippen molar-refractivity contribution in [1.82, 2.24) is 4.98 Å². The average molecular weight is 410 g/mol. The van der Waals surface area contributed by atoms with Crippen molar-refractivity contribution < 1.29 is 13.6 Å². The normalized spacial score (nSPS) is 39.9. The molecule has 1 heterocycles. The van der Waals surface area contributed by atoms with Crippen LogP contribution in [0.5, 0.6) is 0 Å². The number of nitrogens with zero attached hydrogens (tertiary/aromatic N) is 1. The number of ketones is 1. The van der Waals surface area contributed by atoms with Crippen LogP contribution in [-0.4, -0.2) is 10.8 Å². The Bertz CT molecular complexity index is 993. The van der Waals surface area contributed by atoms with Crippen molar-refractivity contribution in [3.63, 3.8) is 0 Å². The number of carbonyl (C=O) groups is 1. The summed E-state index contributed by atoms with van der Waals surface area (Å²) in [6.07, 6.45) is 12.9. The number of pyridine rings is 1. The molecular weight excluding hydrogens is 380 g/mol. The Morgan fingerprint density at radius 1 is 1.20 bits per heavy atom. The molecule has 0 saturated heterocycles. The fourth-order valence-electron chi connectivity index (χ4n) is 7.35. The lowest BCUT2D eigenvalue weighted by molar-refractivity contribution is -0.111. The van der Waals surface area contributed by atoms with Gasteiger partial charge >= 0.3 is 0 Å². The quantitative estimate of drug-likeness (QED) is 0.553. The van der Waals surface area contributed by atoms with E-state index in [2.05, 4.69) is 37.9 Å². The second-order valence-electron chi connectivity index (χ2n) is 10.2. The van der Waals surface area contributed by atoms with Crippen molar-refractivity contribution in [2.75, 3.05) is 0 Å². The molecule has 4 aliphatic carbocycles. The molecule has 4 aliphatic rings. The highest BCUT2D eigenvalue weighted by molar-refractivity contribution is 6.01. The lowest BCUT2D eigenvalue weighted by Crippen LogP contribution is -2.50. The summed E-state index contributed by atoms with van der Waals surface area (Å²) < 4.78 is 26.5. The van der Waals surface area contributed by atoms with E-state index in [9.17, 15) is 13.6 Å². The summed E-state index contributed by atoms with van der Waals surface area (Å²) in [6.45, 7) is 6.91. The number of hydrogen-bond donors (Lipinski definition) is 0. The van der Waals surface area contributed by atoms with Crippen molar-refractivity contribution in [2.45, 2.75) is 52.9 Å². The van der Waals surface area contributed by atoms with E-state index in [0.29, 0.717) is 23.7 Å². The maximum absolute atomic E-state index is 13.3. The van der Waals surface area contributed by atoms with Crippen LogP contribution in [-0.2, 0) is 4.79 Å². The first-order valence-electron chi connectivity index (χ1n) is 11.1. The van der Waals surface area contributed by atoms with Gasteiger partial charge in [0.25, 0.3) is 6.43 Å². The minimum absolute atomic E-state index is 0.000255. The zero-order valence-corrected chi connectivity index (χ0v) is 17.9. The van der Waals surface area contributed by atoms with Crippen LogP contribution in [0.25, 0.3) is 5.57 Å². The van der Waals surface area contributed by atoms with E-state index >= 15 is 0 Å². The van der Waals surface area contributed by atoms with Crippen LogP contribution < -0.4 is 0 Å². The first kappa shape index (κ1) is 19.8.